The van der Waals surface area contributed by atoms with Gasteiger partial charge in [0.25, 0.3) is 5.91 Å². The molecule has 0 radical (unpaired) electrons. The lowest BCUT2D eigenvalue weighted by Gasteiger charge is -2.22. The van der Waals surface area contributed by atoms with Crippen molar-refractivity contribution in [2.75, 3.05) is 18.1 Å². The first kappa shape index (κ1) is 15.7. The Hall–Kier alpha value is -1.64. The van der Waals surface area contributed by atoms with Gasteiger partial charge in [0.05, 0.1) is 12.2 Å². The molecule has 1 fully saturated rings. The van der Waals surface area contributed by atoms with Crippen LogP contribution in [0.5, 0.6) is 0 Å². The van der Waals surface area contributed by atoms with Gasteiger partial charge in [-0.1, -0.05) is 24.0 Å². The Kier molecular flexibility index (Phi) is 5.97. The van der Waals surface area contributed by atoms with Crippen molar-refractivity contribution in [3.05, 3.63) is 35.4 Å². The Balaban J connectivity index is 2.05. The first-order valence-electron chi connectivity index (χ1n) is 7.05. The fourth-order valence-corrected chi connectivity index (χ4v) is 3.50. The van der Waals surface area contributed by atoms with E-state index in [9.17, 15) is 9.00 Å². The summed E-state index contributed by atoms with van der Waals surface area (Å²) in [6.07, 6.45) is 1.91. The Morgan fingerprint density at radius 3 is 2.76 bits per heavy atom. The zero-order valence-corrected chi connectivity index (χ0v) is 12.6. The van der Waals surface area contributed by atoms with Crippen molar-refractivity contribution in [1.29, 1.82) is 0 Å². The smallest absolute Gasteiger partial charge is 0.252 e. The Labute approximate surface area is 127 Å². The van der Waals surface area contributed by atoms with Crippen LogP contribution in [0.1, 0.15) is 35.2 Å². The van der Waals surface area contributed by atoms with Crippen LogP contribution in [0.3, 0.4) is 0 Å². The Morgan fingerprint density at radius 2 is 2.05 bits per heavy atom. The maximum Gasteiger partial charge on any atom is 0.252 e. The molecule has 4 nitrogen and oxygen atoms in total. The van der Waals surface area contributed by atoms with E-state index in [2.05, 4.69) is 17.2 Å². The number of hydrogen-bond donors (Lipinski definition) is 2. The van der Waals surface area contributed by atoms with Crippen LogP contribution in [0.4, 0.5) is 0 Å². The number of carbonyl (C=O) groups excluding carboxylic acids is 1. The summed E-state index contributed by atoms with van der Waals surface area (Å²) in [7, 11) is -0.727. The number of rotatable bonds is 3. The maximum absolute atomic E-state index is 12.3. The summed E-state index contributed by atoms with van der Waals surface area (Å²) in [5, 5.41) is 11.7. The van der Waals surface area contributed by atoms with Crippen molar-refractivity contribution in [2.45, 2.75) is 25.3 Å². The molecule has 2 rings (SSSR count). The van der Waals surface area contributed by atoms with E-state index in [1.807, 2.05) is 12.1 Å². The predicted molar refractivity (Wildman–Crippen MR) is 83.4 cm³/mol. The lowest BCUT2D eigenvalue weighted by molar-refractivity contribution is 0.0934. The fourth-order valence-electron chi connectivity index (χ4n) is 2.21. The number of hydrogen-bond acceptors (Lipinski definition) is 3. The topological polar surface area (TPSA) is 66.4 Å². The van der Waals surface area contributed by atoms with Crippen LogP contribution in [0.15, 0.2) is 24.3 Å². The molecule has 0 saturated carbocycles. The highest BCUT2D eigenvalue weighted by Crippen LogP contribution is 2.12. The van der Waals surface area contributed by atoms with Crippen LogP contribution in [-0.4, -0.2) is 39.4 Å². The summed E-state index contributed by atoms with van der Waals surface area (Å²) in [4.78, 5) is 12.3. The number of aliphatic hydroxyl groups is 1. The number of nitrogens with one attached hydrogen (secondary N) is 1. The summed E-state index contributed by atoms with van der Waals surface area (Å²) < 4.78 is 11.3. The molecule has 0 aliphatic carbocycles. The summed E-state index contributed by atoms with van der Waals surface area (Å²) in [5.41, 5.74) is 1.22. The third kappa shape index (κ3) is 4.69. The van der Waals surface area contributed by atoms with Crippen LogP contribution in [-0.2, 0) is 10.8 Å². The highest BCUT2D eigenvalue weighted by Gasteiger charge is 2.20. The van der Waals surface area contributed by atoms with E-state index in [1.54, 1.807) is 12.1 Å². The lowest BCUT2D eigenvalue weighted by Crippen LogP contribution is -2.39. The lowest BCUT2D eigenvalue weighted by atomic mass is 10.1. The van der Waals surface area contributed by atoms with Crippen molar-refractivity contribution in [2.24, 2.45) is 0 Å². The molecule has 2 N–H and O–H groups in total. The molecule has 0 bridgehead atoms. The number of benzene rings is 1. The molecule has 0 spiro atoms. The molecule has 1 aromatic carbocycles. The van der Waals surface area contributed by atoms with E-state index in [-0.39, 0.29) is 18.6 Å². The number of amides is 1. The molecule has 1 aromatic rings. The fraction of sp³-hybridized carbons (Fsp3) is 0.438. The SMILES string of the molecule is O=C(NC1CCS(=O)CC1)c1ccccc1C#CCCO. The second-order valence-electron chi connectivity index (χ2n) is 4.92. The van der Waals surface area contributed by atoms with E-state index in [0.717, 1.165) is 12.8 Å². The van der Waals surface area contributed by atoms with Crippen LogP contribution in [0.2, 0.25) is 0 Å². The molecule has 21 heavy (non-hydrogen) atoms. The molecule has 112 valence electrons. The molecule has 5 heteroatoms. The van der Waals surface area contributed by atoms with Crippen molar-refractivity contribution in [3.8, 4) is 11.8 Å². The molecule has 0 aromatic heterocycles. The average Bonchev–Trinajstić information content (AvgIpc) is 2.50. The van der Waals surface area contributed by atoms with Crippen LogP contribution >= 0.6 is 0 Å². The molecule has 1 aliphatic rings. The van der Waals surface area contributed by atoms with Crippen molar-refractivity contribution in [1.82, 2.24) is 5.32 Å². The van der Waals surface area contributed by atoms with E-state index in [4.69, 9.17) is 5.11 Å². The van der Waals surface area contributed by atoms with Gasteiger partial charge in [-0.2, -0.15) is 0 Å². The monoisotopic (exact) mass is 305 g/mol. The minimum atomic E-state index is -0.727. The molecule has 0 atom stereocenters. The van der Waals surface area contributed by atoms with E-state index in [1.165, 1.54) is 0 Å². The zero-order chi connectivity index (χ0) is 15.1. The van der Waals surface area contributed by atoms with Gasteiger partial charge in [-0.3, -0.25) is 9.00 Å². The Bertz CT molecular complexity index is 579. The van der Waals surface area contributed by atoms with Crippen molar-refractivity contribution >= 4 is 16.7 Å². The predicted octanol–water partition coefficient (Wildman–Crippen LogP) is 1.06. The van der Waals surface area contributed by atoms with Gasteiger partial charge in [-0.25, -0.2) is 0 Å². The van der Waals surface area contributed by atoms with Crippen LogP contribution < -0.4 is 5.32 Å². The van der Waals surface area contributed by atoms with Gasteiger partial charge in [0.2, 0.25) is 0 Å². The number of carbonyl (C=O) groups is 1. The molecule has 1 heterocycles. The van der Waals surface area contributed by atoms with E-state index < -0.39 is 10.8 Å². The van der Waals surface area contributed by atoms with E-state index >= 15 is 0 Å². The molecule has 1 aliphatic heterocycles. The first-order chi connectivity index (χ1) is 10.2. The Morgan fingerprint density at radius 1 is 1.33 bits per heavy atom. The zero-order valence-electron chi connectivity index (χ0n) is 11.8. The highest BCUT2D eigenvalue weighted by atomic mass is 32.2. The maximum atomic E-state index is 12.3. The summed E-state index contributed by atoms with van der Waals surface area (Å²) >= 11 is 0. The second-order valence-corrected chi connectivity index (χ2v) is 6.61. The van der Waals surface area contributed by atoms with Crippen molar-refractivity contribution in [3.63, 3.8) is 0 Å². The first-order valence-corrected chi connectivity index (χ1v) is 8.54. The minimum Gasteiger partial charge on any atom is -0.395 e. The van der Waals surface area contributed by atoms with Crippen LogP contribution in [0, 0.1) is 11.8 Å². The summed E-state index contributed by atoms with van der Waals surface area (Å²) in [5.74, 6) is 6.93. The van der Waals surface area contributed by atoms with E-state index in [0.29, 0.717) is 29.1 Å². The highest BCUT2D eigenvalue weighted by molar-refractivity contribution is 7.85. The summed E-state index contributed by atoms with van der Waals surface area (Å²) in [6, 6.07) is 7.29. The third-order valence-electron chi connectivity index (χ3n) is 3.35. The van der Waals surface area contributed by atoms with Gasteiger partial charge in [-0.15, -0.1) is 0 Å². The second kappa shape index (κ2) is 7.96. The molecular weight excluding hydrogens is 286 g/mol. The number of aliphatic hydroxyl groups excluding tert-OH is 1. The van der Waals surface area contributed by atoms with Gasteiger partial charge in [0.15, 0.2) is 0 Å². The standard InChI is InChI=1S/C16H19NO3S/c18-10-4-3-6-13-5-1-2-7-15(13)16(19)17-14-8-11-21(20)12-9-14/h1-2,5,7,14,18H,4,8-12H2,(H,17,19). The van der Waals surface area contributed by atoms with Gasteiger partial charge in [0, 0.05) is 40.3 Å². The van der Waals surface area contributed by atoms with Gasteiger partial charge >= 0.3 is 0 Å². The van der Waals surface area contributed by atoms with Crippen molar-refractivity contribution < 1.29 is 14.1 Å². The van der Waals surface area contributed by atoms with Crippen LogP contribution in [0.25, 0.3) is 0 Å². The minimum absolute atomic E-state index is 0.0145. The molecular formula is C16H19NO3S. The average molecular weight is 305 g/mol. The molecule has 1 amide bonds. The quantitative estimate of drug-likeness (QED) is 0.821. The largest absolute Gasteiger partial charge is 0.395 e. The van der Waals surface area contributed by atoms with Gasteiger partial charge in [-0.05, 0) is 25.0 Å². The summed E-state index contributed by atoms with van der Waals surface area (Å²) in [6.45, 7) is 0.0145. The normalized spacial score (nSPS) is 21.2. The van der Waals surface area contributed by atoms with Gasteiger partial charge in [0.1, 0.15) is 0 Å². The van der Waals surface area contributed by atoms with Gasteiger partial charge < -0.3 is 10.4 Å². The molecule has 1 saturated heterocycles. The third-order valence-corrected chi connectivity index (χ3v) is 4.74. The molecule has 0 unspecified atom stereocenters.